The molecular formula is C16H21BrO2. The van der Waals surface area contributed by atoms with Gasteiger partial charge in [-0.3, -0.25) is 0 Å². The van der Waals surface area contributed by atoms with Crippen LogP contribution < -0.4 is 4.74 Å². The number of fused-ring (bicyclic) bond motifs is 1. The first-order chi connectivity index (χ1) is 9.22. The molecule has 2 aliphatic rings. The maximum absolute atomic E-state index is 10.3. The summed E-state index contributed by atoms with van der Waals surface area (Å²) in [7, 11) is 0. The highest BCUT2D eigenvalue weighted by molar-refractivity contribution is 9.10. The summed E-state index contributed by atoms with van der Waals surface area (Å²) in [6.45, 7) is 0. The Hall–Kier alpha value is -0.540. The minimum atomic E-state index is -0.370. The third-order valence-electron chi connectivity index (χ3n) is 4.44. The molecule has 0 saturated heterocycles. The SMILES string of the molecule is OC1CC(CC2CCCCC2)Oc2cc(Br)ccc21. The molecule has 3 rings (SSSR count). The molecule has 0 aromatic heterocycles. The Balaban J connectivity index is 1.69. The van der Waals surface area contributed by atoms with Crippen LogP contribution in [-0.2, 0) is 0 Å². The Bertz CT molecular complexity index is 440. The molecule has 19 heavy (non-hydrogen) atoms. The van der Waals surface area contributed by atoms with Crippen LogP contribution >= 0.6 is 15.9 Å². The van der Waals surface area contributed by atoms with Gasteiger partial charge in [-0.2, -0.15) is 0 Å². The monoisotopic (exact) mass is 324 g/mol. The Morgan fingerprint density at radius 3 is 2.79 bits per heavy atom. The van der Waals surface area contributed by atoms with Crippen LogP contribution in [0.4, 0.5) is 0 Å². The van der Waals surface area contributed by atoms with Gasteiger partial charge in [0.05, 0.1) is 6.10 Å². The largest absolute Gasteiger partial charge is 0.490 e. The Morgan fingerprint density at radius 1 is 1.21 bits per heavy atom. The van der Waals surface area contributed by atoms with E-state index in [2.05, 4.69) is 15.9 Å². The number of rotatable bonds is 2. The van der Waals surface area contributed by atoms with E-state index in [0.29, 0.717) is 0 Å². The molecular weight excluding hydrogens is 304 g/mol. The Kier molecular flexibility index (Phi) is 4.13. The summed E-state index contributed by atoms with van der Waals surface area (Å²) in [5.41, 5.74) is 0.933. The zero-order chi connectivity index (χ0) is 13.2. The summed E-state index contributed by atoms with van der Waals surface area (Å²) in [6.07, 6.45) is 8.44. The van der Waals surface area contributed by atoms with Gasteiger partial charge in [-0.25, -0.2) is 0 Å². The van der Waals surface area contributed by atoms with Crippen LogP contribution in [0.3, 0.4) is 0 Å². The molecule has 1 aliphatic carbocycles. The van der Waals surface area contributed by atoms with Gasteiger partial charge >= 0.3 is 0 Å². The van der Waals surface area contributed by atoms with Crippen LogP contribution in [0, 0.1) is 5.92 Å². The van der Waals surface area contributed by atoms with E-state index in [1.165, 1.54) is 32.1 Å². The highest BCUT2D eigenvalue weighted by Crippen LogP contribution is 2.39. The highest BCUT2D eigenvalue weighted by Gasteiger charge is 2.29. The van der Waals surface area contributed by atoms with Crippen molar-refractivity contribution in [3.05, 3.63) is 28.2 Å². The fourth-order valence-corrected chi connectivity index (χ4v) is 3.77. The van der Waals surface area contributed by atoms with E-state index in [-0.39, 0.29) is 12.2 Å². The molecule has 1 aliphatic heterocycles. The maximum atomic E-state index is 10.3. The van der Waals surface area contributed by atoms with E-state index in [1.54, 1.807) is 0 Å². The van der Waals surface area contributed by atoms with Gasteiger partial charge in [0, 0.05) is 16.5 Å². The fraction of sp³-hybridized carbons (Fsp3) is 0.625. The van der Waals surface area contributed by atoms with Crippen LogP contribution in [-0.4, -0.2) is 11.2 Å². The first kappa shape index (κ1) is 13.4. The quantitative estimate of drug-likeness (QED) is 0.861. The van der Waals surface area contributed by atoms with Gasteiger partial charge < -0.3 is 9.84 Å². The summed E-state index contributed by atoms with van der Waals surface area (Å²) in [6, 6.07) is 5.90. The van der Waals surface area contributed by atoms with E-state index < -0.39 is 0 Å². The van der Waals surface area contributed by atoms with Crippen molar-refractivity contribution in [1.29, 1.82) is 0 Å². The molecule has 1 saturated carbocycles. The summed E-state index contributed by atoms with van der Waals surface area (Å²) >= 11 is 3.47. The molecule has 1 fully saturated rings. The Morgan fingerprint density at radius 2 is 2.00 bits per heavy atom. The number of hydrogen-bond acceptors (Lipinski definition) is 2. The molecule has 3 heteroatoms. The van der Waals surface area contributed by atoms with Gasteiger partial charge in [0.15, 0.2) is 0 Å². The molecule has 1 heterocycles. The van der Waals surface area contributed by atoms with Crippen molar-refractivity contribution >= 4 is 15.9 Å². The average Bonchev–Trinajstić information content (AvgIpc) is 2.39. The topological polar surface area (TPSA) is 29.5 Å². The van der Waals surface area contributed by atoms with E-state index >= 15 is 0 Å². The third kappa shape index (κ3) is 3.14. The summed E-state index contributed by atoms with van der Waals surface area (Å²) in [5.74, 6) is 1.65. The molecule has 1 aromatic rings. The summed E-state index contributed by atoms with van der Waals surface area (Å²) in [5, 5.41) is 10.3. The lowest BCUT2D eigenvalue weighted by molar-refractivity contribution is 0.0494. The van der Waals surface area contributed by atoms with E-state index in [9.17, 15) is 5.11 Å². The van der Waals surface area contributed by atoms with E-state index in [4.69, 9.17) is 4.74 Å². The van der Waals surface area contributed by atoms with Crippen molar-refractivity contribution in [2.24, 2.45) is 5.92 Å². The van der Waals surface area contributed by atoms with Crippen molar-refractivity contribution in [3.63, 3.8) is 0 Å². The predicted octanol–water partition coefficient (Wildman–Crippen LogP) is 4.60. The van der Waals surface area contributed by atoms with Gasteiger partial charge in [-0.15, -0.1) is 0 Å². The van der Waals surface area contributed by atoms with Gasteiger partial charge in [-0.1, -0.05) is 54.1 Å². The first-order valence-corrected chi connectivity index (χ1v) is 8.16. The molecule has 2 nitrogen and oxygen atoms in total. The number of benzene rings is 1. The normalized spacial score (nSPS) is 27.7. The van der Waals surface area contributed by atoms with Gasteiger partial charge in [-0.05, 0) is 24.5 Å². The van der Waals surface area contributed by atoms with E-state index in [1.807, 2.05) is 18.2 Å². The second-order valence-electron chi connectivity index (χ2n) is 5.91. The van der Waals surface area contributed by atoms with E-state index in [0.717, 1.165) is 34.5 Å². The van der Waals surface area contributed by atoms with Crippen molar-refractivity contribution in [3.8, 4) is 5.75 Å². The second-order valence-corrected chi connectivity index (χ2v) is 6.83. The molecule has 0 radical (unpaired) electrons. The summed E-state index contributed by atoms with van der Waals surface area (Å²) < 4.78 is 7.11. The van der Waals surface area contributed by atoms with Crippen LogP contribution in [0.5, 0.6) is 5.75 Å². The third-order valence-corrected chi connectivity index (χ3v) is 4.93. The lowest BCUT2D eigenvalue weighted by atomic mass is 9.83. The van der Waals surface area contributed by atoms with Crippen LogP contribution in [0.15, 0.2) is 22.7 Å². The zero-order valence-corrected chi connectivity index (χ0v) is 12.7. The average molecular weight is 325 g/mol. The maximum Gasteiger partial charge on any atom is 0.126 e. The molecule has 1 N–H and O–H groups in total. The van der Waals surface area contributed by atoms with Crippen LogP contribution in [0.25, 0.3) is 0 Å². The number of aliphatic hydroxyl groups is 1. The minimum absolute atomic E-state index is 0.180. The molecule has 104 valence electrons. The number of halogens is 1. The number of aliphatic hydroxyl groups excluding tert-OH is 1. The lowest BCUT2D eigenvalue weighted by Gasteiger charge is -2.33. The van der Waals surface area contributed by atoms with Gasteiger partial charge in [0.1, 0.15) is 11.9 Å². The number of hydrogen-bond donors (Lipinski definition) is 1. The van der Waals surface area contributed by atoms with Crippen LogP contribution in [0.2, 0.25) is 0 Å². The first-order valence-electron chi connectivity index (χ1n) is 7.36. The molecule has 1 aromatic carbocycles. The molecule has 0 spiro atoms. The molecule has 2 unspecified atom stereocenters. The molecule has 0 bridgehead atoms. The lowest BCUT2D eigenvalue weighted by Crippen LogP contribution is -2.28. The standard InChI is InChI=1S/C16H21BrO2/c17-12-6-7-14-15(18)10-13(19-16(14)9-12)8-11-4-2-1-3-5-11/h6-7,9,11,13,15,18H,1-5,8,10H2. The smallest absolute Gasteiger partial charge is 0.126 e. The van der Waals surface area contributed by atoms with Crippen molar-refractivity contribution < 1.29 is 9.84 Å². The van der Waals surface area contributed by atoms with Crippen molar-refractivity contribution in [2.75, 3.05) is 0 Å². The number of ether oxygens (including phenoxy) is 1. The van der Waals surface area contributed by atoms with Crippen molar-refractivity contribution in [1.82, 2.24) is 0 Å². The fourth-order valence-electron chi connectivity index (χ4n) is 3.43. The highest BCUT2D eigenvalue weighted by atomic mass is 79.9. The van der Waals surface area contributed by atoms with Crippen molar-refractivity contribution in [2.45, 2.75) is 57.2 Å². The van der Waals surface area contributed by atoms with Crippen LogP contribution in [0.1, 0.15) is 56.6 Å². The predicted molar refractivity (Wildman–Crippen MR) is 79.3 cm³/mol. The molecule has 2 atom stereocenters. The summed E-state index contributed by atoms with van der Waals surface area (Å²) in [4.78, 5) is 0. The molecule has 0 amide bonds. The Labute approximate surface area is 123 Å². The second kappa shape index (κ2) is 5.84. The van der Waals surface area contributed by atoms with Gasteiger partial charge in [0.2, 0.25) is 0 Å². The zero-order valence-electron chi connectivity index (χ0n) is 11.1. The van der Waals surface area contributed by atoms with Gasteiger partial charge in [0.25, 0.3) is 0 Å². The minimum Gasteiger partial charge on any atom is -0.490 e.